The van der Waals surface area contributed by atoms with Crippen LogP contribution in [0.5, 0.6) is 0 Å². The van der Waals surface area contributed by atoms with Crippen molar-refractivity contribution in [3.8, 4) is 0 Å². The Bertz CT molecular complexity index is 458. The maximum atomic E-state index is 4.01. The first-order valence-corrected chi connectivity index (χ1v) is 4.32. The van der Waals surface area contributed by atoms with Crippen LogP contribution in [0.3, 0.4) is 0 Å². The van der Waals surface area contributed by atoms with Gasteiger partial charge in [0.2, 0.25) is 5.82 Å². The van der Waals surface area contributed by atoms with Crippen molar-refractivity contribution < 1.29 is 0 Å². The van der Waals surface area contributed by atoms with Crippen molar-refractivity contribution in [2.75, 3.05) is 0 Å². The molecule has 0 aliphatic carbocycles. The highest BCUT2D eigenvalue weighted by Gasteiger charge is 2.03. The number of nitrogens with zero attached hydrogens (tertiary/aromatic N) is 5. The van der Waals surface area contributed by atoms with Crippen LogP contribution in [0.1, 0.15) is 13.8 Å². The van der Waals surface area contributed by atoms with E-state index in [0.29, 0.717) is 11.5 Å². The first-order valence-electron chi connectivity index (χ1n) is 4.32. The van der Waals surface area contributed by atoms with Gasteiger partial charge in [-0.15, -0.1) is 5.11 Å². The predicted octanol–water partition coefficient (Wildman–Crippen LogP) is 1.84. The van der Waals surface area contributed by atoms with Crippen molar-refractivity contribution in [3.05, 3.63) is 12.7 Å². The highest BCUT2D eigenvalue weighted by molar-refractivity contribution is 5.79. The summed E-state index contributed by atoms with van der Waals surface area (Å²) in [6, 6.07) is 0.155. The van der Waals surface area contributed by atoms with Gasteiger partial charge in [-0.1, -0.05) is 0 Å². The summed E-state index contributed by atoms with van der Waals surface area (Å²) in [5, 5.41) is 8.02. The smallest absolute Gasteiger partial charge is 0.203 e. The zero-order valence-corrected chi connectivity index (χ0v) is 7.97. The maximum absolute atomic E-state index is 4.01. The SMILES string of the molecule is CC(C)N=Nc1ncnc2nc[nH]c12. The van der Waals surface area contributed by atoms with E-state index in [2.05, 4.69) is 30.2 Å². The number of hydrogen-bond acceptors (Lipinski definition) is 5. The summed E-state index contributed by atoms with van der Waals surface area (Å²) in [6.07, 6.45) is 2.99. The van der Waals surface area contributed by atoms with Crippen molar-refractivity contribution in [2.24, 2.45) is 10.2 Å². The zero-order chi connectivity index (χ0) is 9.97. The van der Waals surface area contributed by atoms with Crippen molar-refractivity contribution in [3.63, 3.8) is 0 Å². The molecule has 0 saturated carbocycles. The Labute approximate surface area is 80.5 Å². The molecule has 0 aromatic carbocycles. The maximum Gasteiger partial charge on any atom is 0.203 e. The number of hydrogen-bond donors (Lipinski definition) is 1. The number of aromatic amines is 1. The first kappa shape index (κ1) is 8.74. The lowest BCUT2D eigenvalue weighted by molar-refractivity contribution is 0.775. The third-order valence-corrected chi connectivity index (χ3v) is 1.59. The Morgan fingerprint density at radius 1 is 1.29 bits per heavy atom. The fraction of sp³-hybridized carbons (Fsp3) is 0.375. The molecule has 6 heteroatoms. The van der Waals surface area contributed by atoms with Crippen LogP contribution in [-0.4, -0.2) is 26.0 Å². The minimum atomic E-state index is 0.155. The quantitative estimate of drug-likeness (QED) is 0.734. The van der Waals surface area contributed by atoms with Crippen LogP contribution in [0.15, 0.2) is 22.9 Å². The molecule has 0 aliphatic rings. The van der Waals surface area contributed by atoms with E-state index in [1.165, 1.54) is 6.33 Å². The average Bonchev–Trinajstić information content (AvgIpc) is 2.62. The van der Waals surface area contributed by atoms with E-state index >= 15 is 0 Å². The van der Waals surface area contributed by atoms with E-state index in [1.54, 1.807) is 6.33 Å². The molecule has 0 atom stereocenters. The Balaban J connectivity index is 2.46. The van der Waals surface area contributed by atoms with Gasteiger partial charge in [0.05, 0.1) is 12.4 Å². The van der Waals surface area contributed by atoms with Gasteiger partial charge in [0.15, 0.2) is 5.65 Å². The molecule has 2 aromatic heterocycles. The van der Waals surface area contributed by atoms with Crippen molar-refractivity contribution in [1.82, 2.24) is 19.9 Å². The van der Waals surface area contributed by atoms with Crippen LogP contribution in [0.25, 0.3) is 11.2 Å². The molecular formula is C8H10N6. The van der Waals surface area contributed by atoms with Crippen LogP contribution < -0.4 is 0 Å². The summed E-state index contributed by atoms with van der Waals surface area (Å²) < 4.78 is 0. The molecule has 0 aliphatic heterocycles. The number of rotatable bonds is 2. The third-order valence-electron chi connectivity index (χ3n) is 1.59. The molecule has 0 unspecified atom stereocenters. The normalized spacial score (nSPS) is 11.9. The number of nitrogens with one attached hydrogen (secondary N) is 1. The van der Waals surface area contributed by atoms with Crippen molar-refractivity contribution >= 4 is 17.0 Å². The van der Waals surface area contributed by atoms with Gasteiger partial charge < -0.3 is 4.98 Å². The molecular weight excluding hydrogens is 180 g/mol. The fourth-order valence-electron chi connectivity index (χ4n) is 0.998. The highest BCUT2D eigenvalue weighted by atomic mass is 15.2. The number of aromatic nitrogens is 4. The molecule has 0 fully saturated rings. The molecule has 14 heavy (non-hydrogen) atoms. The summed E-state index contributed by atoms with van der Waals surface area (Å²) in [5.41, 5.74) is 1.33. The van der Waals surface area contributed by atoms with E-state index in [4.69, 9.17) is 0 Å². The zero-order valence-electron chi connectivity index (χ0n) is 7.97. The van der Waals surface area contributed by atoms with Crippen LogP contribution in [0.2, 0.25) is 0 Å². The second-order valence-electron chi connectivity index (χ2n) is 3.11. The van der Waals surface area contributed by atoms with Crippen LogP contribution in [-0.2, 0) is 0 Å². The van der Waals surface area contributed by atoms with Gasteiger partial charge in [0, 0.05) is 0 Å². The minimum Gasteiger partial charge on any atom is -0.340 e. The van der Waals surface area contributed by atoms with Crippen molar-refractivity contribution in [1.29, 1.82) is 0 Å². The van der Waals surface area contributed by atoms with Gasteiger partial charge >= 0.3 is 0 Å². The van der Waals surface area contributed by atoms with E-state index < -0.39 is 0 Å². The third kappa shape index (κ3) is 1.59. The number of imidazole rings is 1. The molecule has 6 nitrogen and oxygen atoms in total. The van der Waals surface area contributed by atoms with E-state index in [0.717, 1.165) is 5.52 Å². The Morgan fingerprint density at radius 3 is 2.93 bits per heavy atom. The molecule has 0 radical (unpaired) electrons. The summed E-state index contributed by atoms with van der Waals surface area (Å²) in [7, 11) is 0. The highest BCUT2D eigenvalue weighted by Crippen LogP contribution is 2.18. The lowest BCUT2D eigenvalue weighted by Gasteiger charge is -1.94. The van der Waals surface area contributed by atoms with Gasteiger partial charge in [-0.2, -0.15) is 5.11 Å². The second-order valence-corrected chi connectivity index (χ2v) is 3.11. The number of azo groups is 1. The predicted molar refractivity (Wildman–Crippen MR) is 51.3 cm³/mol. The molecule has 1 N–H and O–H groups in total. The summed E-state index contributed by atoms with van der Waals surface area (Å²) in [5.74, 6) is 0.529. The first-order chi connectivity index (χ1) is 6.77. The van der Waals surface area contributed by atoms with Crippen LogP contribution >= 0.6 is 0 Å². The number of H-pyrrole nitrogens is 1. The van der Waals surface area contributed by atoms with Gasteiger partial charge in [-0.25, -0.2) is 15.0 Å². The lowest BCUT2D eigenvalue weighted by Crippen LogP contribution is -1.86. The lowest BCUT2D eigenvalue weighted by atomic mass is 10.4. The van der Waals surface area contributed by atoms with Gasteiger partial charge in [0.1, 0.15) is 11.8 Å². The fourth-order valence-corrected chi connectivity index (χ4v) is 0.998. The molecule has 2 rings (SSSR count). The largest absolute Gasteiger partial charge is 0.340 e. The Kier molecular flexibility index (Phi) is 2.18. The summed E-state index contributed by atoms with van der Waals surface area (Å²) >= 11 is 0. The monoisotopic (exact) mass is 190 g/mol. The molecule has 2 aromatic rings. The van der Waals surface area contributed by atoms with Crippen molar-refractivity contribution in [2.45, 2.75) is 19.9 Å². The average molecular weight is 190 g/mol. The molecule has 0 amide bonds. The van der Waals surface area contributed by atoms with E-state index in [-0.39, 0.29) is 6.04 Å². The van der Waals surface area contributed by atoms with Crippen LogP contribution in [0.4, 0.5) is 5.82 Å². The van der Waals surface area contributed by atoms with Gasteiger partial charge in [-0.05, 0) is 13.8 Å². The summed E-state index contributed by atoms with van der Waals surface area (Å²) in [6.45, 7) is 3.91. The molecule has 72 valence electrons. The topological polar surface area (TPSA) is 79.2 Å². The van der Waals surface area contributed by atoms with E-state index in [9.17, 15) is 0 Å². The van der Waals surface area contributed by atoms with E-state index in [1.807, 2.05) is 13.8 Å². The standard InChI is InChI=1S/C8H10N6/c1-5(2)13-14-8-6-7(10-3-9-6)11-4-12-8/h3-5H,1-2H3,(H,9,10,11,12). The van der Waals surface area contributed by atoms with Gasteiger partial charge in [-0.3, -0.25) is 0 Å². The van der Waals surface area contributed by atoms with Gasteiger partial charge in [0.25, 0.3) is 0 Å². The Morgan fingerprint density at radius 2 is 2.14 bits per heavy atom. The number of fused-ring (bicyclic) bond motifs is 1. The molecule has 0 bridgehead atoms. The minimum absolute atomic E-state index is 0.155. The Hall–Kier alpha value is -1.85. The molecule has 0 spiro atoms. The summed E-state index contributed by atoms with van der Waals surface area (Å²) in [4.78, 5) is 14.9. The molecule has 2 heterocycles. The van der Waals surface area contributed by atoms with Crippen LogP contribution in [0, 0.1) is 0 Å². The molecule has 0 saturated heterocycles. The second kappa shape index (κ2) is 3.49.